The summed E-state index contributed by atoms with van der Waals surface area (Å²) in [5.41, 5.74) is 5.88. The summed E-state index contributed by atoms with van der Waals surface area (Å²) in [5, 5.41) is 59.3. The number of aromatic hydroxyl groups is 2. The average molecular weight is 559 g/mol. The van der Waals surface area contributed by atoms with Crippen molar-refractivity contribution in [2.45, 2.75) is 45.2 Å². The van der Waals surface area contributed by atoms with E-state index in [1.165, 1.54) is 0 Å². The van der Waals surface area contributed by atoms with Gasteiger partial charge in [0, 0.05) is 22.3 Å². The van der Waals surface area contributed by atoms with E-state index in [-0.39, 0.29) is 47.0 Å². The van der Waals surface area contributed by atoms with Crippen LogP contribution in [0.25, 0.3) is 11.1 Å². The molecule has 1 aliphatic carbocycles. The zero-order valence-corrected chi connectivity index (χ0v) is 22.8. The Balaban J connectivity index is 1.53. The van der Waals surface area contributed by atoms with Crippen molar-refractivity contribution in [2.24, 2.45) is 0 Å². The quantitative estimate of drug-likeness (QED) is 0.161. The highest BCUT2D eigenvalue weighted by molar-refractivity contribution is 5.81. The molecule has 214 valence electrons. The number of aryl methyl sites for hydroxylation is 1. The molecule has 0 aromatic heterocycles. The largest absolute Gasteiger partial charge is 0.507 e. The van der Waals surface area contributed by atoms with Crippen LogP contribution >= 0.6 is 0 Å². The van der Waals surface area contributed by atoms with Gasteiger partial charge >= 0.3 is 0 Å². The summed E-state index contributed by atoms with van der Waals surface area (Å²) < 4.78 is 12.5. The van der Waals surface area contributed by atoms with E-state index in [1.807, 2.05) is 19.1 Å². The van der Waals surface area contributed by atoms with Crippen LogP contribution < -0.4 is 9.47 Å². The second-order valence-corrected chi connectivity index (χ2v) is 10.4. The van der Waals surface area contributed by atoms with Crippen LogP contribution in [0.2, 0.25) is 0 Å². The van der Waals surface area contributed by atoms with Crippen LogP contribution in [0.1, 0.15) is 45.4 Å². The van der Waals surface area contributed by atoms with E-state index in [4.69, 9.17) is 9.47 Å². The number of aliphatic hydroxyl groups excluding tert-OH is 4. The van der Waals surface area contributed by atoms with Crippen molar-refractivity contribution in [1.29, 1.82) is 0 Å². The van der Waals surface area contributed by atoms with Crippen molar-refractivity contribution in [1.82, 2.24) is 0 Å². The predicted molar refractivity (Wildman–Crippen MR) is 153 cm³/mol. The maximum atomic E-state index is 10.3. The van der Waals surface area contributed by atoms with Crippen LogP contribution in [0.3, 0.4) is 0 Å². The molecule has 4 aromatic rings. The van der Waals surface area contributed by atoms with E-state index < -0.39 is 31.8 Å². The molecule has 5 rings (SSSR count). The third kappa shape index (κ3) is 5.23. The lowest BCUT2D eigenvalue weighted by atomic mass is 9.76. The molecule has 0 bridgehead atoms. The maximum Gasteiger partial charge on any atom is 0.126 e. The average Bonchev–Trinajstić information content (AvgIpc) is 3.26. The van der Waals surface area contributed by atoms with Gasteiger partial charge in [-0.2, -0.15) is 0 Å². The second kappa shape index (κ2) is 11.8. The van der Waals surface area contributed by atoms with Crippen molar-refractivity contribution in [3.8, 4) is 34.1 Å². The molecule has 1 aliphatic rings. The number of benzene rings is 4. The van der Waals surface area contributed by atoms with Crippen LogP contribution in [0.5, 0.6) is 23.0 Å². The number of aliphatic hydroxyl groups is 4. The van der Waals surface area contributed by atoms with Crippen LogP contribution in [0.4, 0.5) is 0 Å². The van der Waals surface area contributed by atoms with Crippen molar-refractivity contribution in [3.05, 3.63) is 106 Å². The van der Waals surface area contributed by atoms with Crippen molar-refractivity contribution in [3.63, 3.8) is 0 Å². The molecule has 1 atom stereocenters. The number of phenols is 2. The molecule has 0 fully saturated rings. The Labute approximate surface area is 238 Å². The van der Waals surface area contributed by atoms with E-state index in [2.05, 4.69) is 30.3 Å². The third-order valence-electron chi connectivity index (χ3n) is 7.87. The SMILES string of the molecule is Cc1ccc2c(c1)C(CCOc1cc(CO)c(O)c(CO)c1)(COc1cc(CO)c(O)c(CO)c1)c1ccccc1-2. The fourth-order valence-electron chi connectivity index (χ4n) is 5.72. The van der Waals surface area contributed by atoms with Gasteiger partial charge in [-0.1, -0.05) is 48.0 Å². The Bertz CT molecular complexity index is 1510. The molecular formula is C33H34O8. The molecular weight excluding hydrogens is 524 g/mol. The molecule has 0 spiro atoms. The molecule has 41 heavy (non-hydrogen) atoms. The van der Waals surface area contributed by atoms with Gasteiger partial charge in [0.25, 0.3) is 0 Å². The topological polar surface area (TPSA) is 140 Å². The lowest BCUT2D eigenvalue weighted by molar-refractivity contribution is 0.200. The Hall–Kier alpha value is -4.08. The zero-order chi connectivity index (χ0) is 29.1. The summed E-state index contributed by atoms with van der Waals surface area (Å²) >= 11 is 0. The lowest BCUT2D eigenvalue weighted by Gasteiger charge is -2.32. The van der Waals surface area contributed by atoms with E-state index >= 15 is 0 Å². The predicted octanol–water partition coefficient (Wildman–Crippen LogP) is 4.19. The second-order valence-electron chi connectivity index (χ2n) is 10.4. The van der Waals surface area contributed by atoms with Gasteiger partial charge in [-0.05, 0) is 59.9 Å². The van der Waals surface area contributed by atoms with Crippen LogP contribution in [-0.2, 0) is 31.8 Å². The number of hydrogen-bond acceptors (Lipinski definition) is 8. The number of hydrogen-bond donors (Lipinski definition) is 6. The number of rotatable bonds is 11. The van der Waals surface area contributed by atoms with Gasteiger partial charge in [0.2, 0.25) is 0 Å². The molecule has 1 unspecified atom stereocenters. The fourth-order valence-corrected chi connectivity index (χ4v) is 5.72. The minimum absolute atomic E-state index is 0.153. The van der Waals surface area contributed by atoms with Crippen molar-refractivity contribution >= 4 is 0 Å². The monoisotopic (exact) mass is 558 g/mol. The maximum absolute atomic E-state index is 10.3. The Morgan fingerprint density at radius 1 is 0.610 bits per heavy atom. The number of ether oxygens (including phenoxy) is 2. The van der Waals surface area contributed by atoms with Gasteiger partial charge < -0.3 is 40.1 Å². The van der Waals surface area contributed by atoms with Crippen LogP contribution in [0, 0.1) is 6.92 Å². The summed E-state index contributed by atoms with van der Waals surface area (Å²) in [7, 11) is 0. The van der Waals surface area contributed by atoms with Gasteiger partial charge in [0.05, 0.1) is 38.4 Å². The smallest absolute Gasteiger partial charge is 0.126 e. The Morgan fingerprint density at radius 2 is 1.12 bits per heavy atom. The molecule has 8 heteroatoms. The standard InChI is InChI=1S/C33H34O8/c1-20-6-7-28-27-4-2-3-5-29(27)33(30(28)10-20,19-41-26-13-23(17-36)32(39)24(14-26)18-37)8-9-40-25-11-21(15-34)31(38)22(12-25)16-35/h2-7,10-14,34-39H,8-9,15-19H2,1H3. The first kappa shape index (κ1) is 28.4. The molecule has 0 amide bonds. The normalized spacial score (nSPS) is 15.4. The highest BCUT2D eigenvalue weighted by Gasteiger charge is 2.44. The fraction of sp³-hybridized carbons (Fsp3) is 0.273. The van der Waals surface area contributed by atoms with E-state index in [0.717, 1.165) is 27.8 Å². The summed E-state index contributed by atoms with van der Waals surface area (Å²) in [4.78, 5) is 0. The summed E-state index contributed by atoms with van der Waals surface area (Å²) in [6, 6.07) is 20.8. The van der Waals surface area contributed by atoms with Crippen LogP contribution in [-0.4, -0.2) is 43.9 Å². The highest BCUT2D eigenvalue weighted by Crippen LogP contribution is 2.51. The first-order chi connectivity index (χ1) is 19.8. The molecule has 0 aliphatic heterocycles. The minimum Gasteiger partial charge on any atom is -0.507 e. The van der Waals surface area contributed by atoms with Gasteiger partial charge in [-0.15, -0.1) is 0 Å². The highest BCUT2D eigenvalue weighted by atomic mass is 16.5. The first-order valence-corrected chi connectivity index (χ1v) is 13.4. The molecule has 4 aromatic carbocycles. The van der Waals surface area contributed by atoms with Gasteiger partial charge in [-0.3, -0.25) is 0 Å². The third-order valence-corrected chi connectivity index (χ3v) is 7.87. The summed E-state index contributed by atoms with van der Waals surface area (Å²) in [6.07, 6.45) is 0.502. The lowest BCUT2D eigenvalue weighted by Crippen LogP contribution is -2.35. The van der Waals surface area contributed by atoms with E-state index in [1.54, 1.807) is 24.3 Å². The minimum atomic E-state index is -0.634. The Kier molecular flexibility index (Phi) is 8.19. The molecule has 0 saturated heterocycles. The zero-order valence-electron chi connectivity index (χ0n) is 22.8. The molecule has 0 radical (unpaired) electrons. The Morgan fingerprint density at radius 3 is 1.68 bits per heavy atom. The molecule has 8 nitrogen and oxygen atoms in total. The molecule has 6 N–H and O–H groups in total. The van der Waals surface area contributed by atoms with Gasteiger partial charge in [-0.25, -0.2) is 0 Å². The van der Waals surface area contributed by atoms with Crippen molar-refractivity contribution in [2.75, 3.05) is 13.2 Å². The van der Waals surface area contributed by atoms with Crippen LogP contribution in [0.15, 0.2) is 66.7 Å². The molecule has 0 heterocycles. The summed E-state index contributed by atoms with van der Waals surface area (Å²) in [5.74, 6) is 0.519. The van der Waals surface area contributed by atoms with Gasteiger partial charge in [0.15, 0.2) is 0 Å². The summed E-state index contributed by atoms with van der Waals surface area (Å²) in [6.45, 7) is 0.902. The van der Waals surface area contributed by atoms with E-state index in [9.17, 15) is 30.6 Å². The molecule has 0 saturated carbocycles. The first-order valence-electron chi connectivity index (χ1n) is 13.4. The van der Waals surface area contributed by atoms with E-state index in [0.29, 0.717) is 17.9 Å². The number of fused-ring (bicyclic) bond motifs is 3. The van der Waals surface area contributed by atoms with Gasteiger partial charge in [0.1, 0.15) is 29.6 Å². The van der Waals surface area contributed by atoms with Crippen molar-refractivity contribution < 1.29 is 40.1 Å².